The van der Waals surface area contributed by atoms with Crippen molar-refractivity contribution in [1.82, 2.24) is 20.1 Å². The first-order chi connectivity index (χ1) is 7.74. The topological polar surface area (TPSA) is 42.7 Å². The summed E-state index contributed by atoms with van der Waals surface area (Å²) in [6.45, 7) is 4.18. The van der Waals surface area contributed by atoms with Crippen LogP contribution in [0, 0.1) is 6.92 Å². The number of nitrogens with one attached hydrogen (secondary N) is 1. The zero-order valence-electron chi connectivity index (χ0n) is 9.81. The van der Waals surface area contributed by atoms with Crippen molar-refractivity contribution >= 4 is 0 Å². The summed E-state index contributed by atoms with van der Waals surface area (Å²) in [6, 6.07) is 6.12. The third-order valence-electron chi connectivity index (χ3n) is 2.81. The monoisotopic (exact) mass is 216 g/mol. The molecule has 2 aromatic rings. The van der Waals surface area contributed by atoms with E-state index in [0.717, 1.165) is 11.5 Å². The molecular formula is C12H16N4. The first-order valence-electron chi connectivity index (χ1n) is 5.37. The normalized spacial score (nSPS) is 12.7. The van der Waals surface area contributed by atoms with Gasteiger partial charge in [-0.05, 0) is 33.0 Å². The van der Waals surface area contributed by atoms with Gasteiger partial charge in [0.15, 0.2) is 5.82 Å². The molecule has 0 fully saturated rings. The average molecular weight is 216 g/mol. The Balaban J connectivity index is 2.41. The molecular weight excluding hydrogens is 200 g/mol. The van der Waals surface area contributed by atoms with Gasteiger partial charge in [-0.25, -0.2) is 9.67 Å². The highest BCUT2D eigenvalue weighted by Crippen LogP contribution is 2.18. The molecule has 0 radical (unpaired) electrons. The Morgan fingerprint density at radius 2 is 2.19 bits per heavy atom. The molecule has 2 aromatic heterocycles. The van der Waals surface area contributed by atoms with Gasteiger partial charge in [-0.2, -0.15) is 5.10 Å². The van der Waals surface area contributed by atoms with Crippen LogP contribution in [0.1, 0.15) is 24.2 Å². The first kappa shape index (κ1) is 10.8. The van der Waals surface area contributed by atoms with Gasteiger partial charge >= 0.3 is 0 Å². The van der Waals surface area contributed by atoms with Crippen LogP contribution >= 0.6 is 0 Å². The molecule has 1 unspecified atom stereocenters. The average Bonchev–Trinajstić information content (AvgIpc) is 2.71. The molecule has 0 aliphatic rings. The van der Waals surface area contributed by atoms with E-state index in [1.54, 1.807) is 6.20 Å². The predicted molar refractivity (Wildman–Crippen MR) is 63.6 cm³/mol. The lowest BCUT2D eigenvalue weighted by Crippen LogP contribution is -2.13. The van der Waals surface area contributed by atoms with Crippen LogP contribution < -0.4 is 5.32 Å². The van der Waals surface area contributed by atoms with Crippen molar-refractivity contribution in [3.05, 3.63) is 41.9 Å². The van der Waals surface area contributed by atoms with E-state index >= 15 is 0 Å². The summed E-state index contributed by atoms with van der Waals surface area (Å²) in [5.41, 5.74) is 2.33. The molecule has 1 N–H and O–H groups in total. The second kappa shape index (κ2) is 4.45. The molecule has 0 saturated heterocycles. The molecule has 1 atom stereocenters. The molecule has 0 aliphatic heterocycles. The molecule has 2 rings (SSSR count). The first-order valence-corrected chi connectivity index (χ1v) is 5.37. The molecule has 0 spiro atoms. The Kier molecular flexibility index (Phi) is 3.01. The van der Waals surface area contributed by atoms with E-state index in [1.807, 2.05) is 36.1 Å². The van der Waals surface area contributed by atoms with E-state index in [2.05, 4.69) is 29.2 Å². The summed E-state index contributed by atoms with van der Waals surface area (Å²) in [4.78, 5) is 4.29. The van der Waals surface area contributed by atoms with Gasteiger partial charge in [0.25, 0.3) is 0 Å². The van der Waals surface area contributed by atoms with Gasteiger partial charge in [-0.3, -0.25) is 0 Å². The fourth-order valence-corrected chi connectivity index (χ4v) is 1.71. The van der Waals surface area contributed by atoms with E-state index in [4.69, 9.17) is 0 Å². The van der Waals surface area contributed by atoms with Gasteiger partial charge in [0.05, 0.1) is 6.20 Å². The Labute approximate surface area is 95.3 Å². The largest absolute Gasteiger partial charge is 0.313 e. The fourth-order valence-electron chi connectivity index (χ4n) is 1.71. The molecule has 4 heteroatoms. The minimum atomic E-state index is 0.303. The van der Waals surface area contributed by atoms with Gasteiger partial charge in [0.2, 0.25) is 0 Å². The maximum Gasteiger partial charge on any atom is 0.153 e. The van der Waals surface area contributed by atoms with Crippen LogP contribution in [-0.4, -0.2) is 21.8 Å². The number of rotatable bonds is 3. The quantitative estimate of drug-likeness (QED) is 0.851. The highest BCUT2D eigenvalue weighted by Gasteiger charge is 2.12. The molecule has 4 nitrogen and oxygen atoms in total. The predicted octanol–water partition coefficient (Wildman–Crippen LogP) is 1.86. The van der Waals surface area contributed by atoms with Crippen LogP contribution in [0.2, 0.25) is 0 Å². The minimum Gasteiger partial charge on any atom is -0.313 e. The molecule has 0 amide bonds. The number of hydrogen-bond acceptors (Lipinski definition) is 3. The lowest BCUT2D eigenvalue weighted by molar-refractivity contribution is 0.647. The van der Waals surface area contributed by atoms with Gasteiger partial charge in [0, 0.05) is 23.5 Å². The number of nitrogens with zero attached hydrogens (tertiary/aromatic N) is 3. The molecule has 2 heterocycles. The lowest BCUT2D eigenvalue weighted by atomic mass is 10.1. The van der Waals surface area contributed by atoms with Crippen LogP contribution in [0.3, 0.4) is 0 Å². The molecule has 0 aliphatic carbocycles. The Hall–Kier alpha value is -1.68. The van der Waals surface area contributed by atoms with Crippen molar-refractivity contribution in [1.29, 1.82) is 0 Å². The second-order valence-electron chi connectivity index (χ2n) is 3.80. The summed E-state index contributed by atoms with van der Waals surface area (Å²) in [6.07, 6.45) is 3.67. The fraction of sp³-hybridized carbons (Fsp3) is 0.333. The highest BCUT2D eigenvalue weighted by atomic mass is 15.3. The minimum absolute atomic E-state index is 0.303. The summed E-state index contributed by atoms with van der Waals surface area (Å²) in [5.74, 6) is 0.856. The highest BCUT2D eigenvalue weighted by molar-refractivity contribution is 5.29. The van der Waals surface area contributed by atoms with E-state index in [-0.39, 0.29) is 0 Å². The summed E-state index contributed by atoms with van der Waals surface area (Å²) in [7, 11) is 1.95. The standard InChI is InChI=1S/C12H16N4/c1-9(13-3)11-8-15-16(10(11)2)12-6-4-5-7-14-12/h4-9,13H,1-3H3. The zero-order valence-corrected chi connectivity index (χ0v) is 9.81. The SMILES string of the molecule is CNC(C)c1cnn(-c2ccccn2)c1C. The second-order valence-corrected chi connectivity index (χ2v) is 3.80. The summed E-state index contributed by atoms with van der Waals surface area (Å²) in [5, 5.41) is 7.58. The van der Waals surface area contributed by atoms with Crippen molar-refractivity contribution in [3.8, 4) is 5.82 Å². The Bertz CT molecular complexity index is 461. The molecule has 0 bridgehead atoms. The lowest BCUT2D eigenvalue weighted by Gasteiger charge is -2.09. The van der Waals surface area contributed by atoms with E-state index < -0.39 is 0 Å². The zero-order chi connectivity index (χ0) is 11.5. The van der Waals surface area contributed by atoms with Crippen LogP contribution in [0.4, 0.5) is 0 Å². The molecule has 16 heavy (non-hydrogen) atoms. The van der Waals surface area contributed by atoms with Crippen LogP contribution in [0.5, 0.6) is 0 Å². The van der Waals surface area contributed by atoms with E-state index in [0.29, 0.717) is 6.04 Å². The number of pyridine rings is 1. The van der Waals surface area contributed by atoms with Crippen molar-refractivity contribution in [2.75, 3.05) is 7.05 Å². The maximum absolute atomic E-state index is 4.37. The van der Waals surface area contributed by atoms with E-state index in [1.165, 1.54) is 5.56 Å². The Morgan fingerprint density at radius 3 is 2.81 bits per heavy atom. The van der Waals surface area contributed by atoms with Gasteiger partial charge in [-0.15, -0.1) is 0 Å². The summed E-state index contributed by atoms with van der Waals surface area (Å²) < 4.78 is 1.86. The van der Waals surface area contributed by atoms with E-state index in [9.17, 15) is 0 Å². The van der Waals surface area contributed by atoms with Crippen molar-refractivity contribution in [3.63, 3.8) is 0 Å². The van der Waals surface area contributed by atoms with Crippen molar-refractivity contribution in [2.45, 2.75) is 19.9 Å². The number of aromatic nitrogens is 3. The Morgan fingerprint density at radius 1 is 1.38 bits per heavy atom. The van der Waals surface area contributed by atoms with Crippen LogP contribution in [-0.2, 0) is 0 Å². The van der Waals surface area contributed by atoms with Crippen molar-refractivity contribution < 1.29 is 0 Å². The van der Waals surface area contributed by atoms with Gasteiger partial charge < -0.3 is 5.32 Å². The van der Waals surface area contributed by atoms with Gasteiger partial charge in [0.1, 0.15) is 0 Å². The van der Waals surface area contributed by atoms with Crippen LogP contribution in [0.15, 0.2) is 30.6 Å². The van der Waals surface area contributed by atoms with Crippen LogP contribution in [0.25, 0.3) is 5.82 Å². The van der Waals surface area contributed by atoms with Gasteiger partial charge in [-0.1, -0.05) is 6.07 Å². The summed E-state index contributed by atoms with van der Waals surface area (Å²) >= 11 is 0. The molecule has 0 saturated carbocycles. The maximum atomic E-state index is 4.37. The van der Waals surface area contributed by atoms with Crippen molar-refractivity contribution in [2.24, 2.45) is 0 Å². The third kappa shape index (κ3) is 1.84. The third-order valence-corrected chi connectivity index (χ3v) is 2.81. The molecule has 0 aromatic carbocycles. The smallest absolute Gasteiger partial charge is 0.153 e. The number of hydrogen-bond donors (Lipinski definition) is 1. The molecule has 84 valence electrons.